The minimum absolute atomic E-state index is 0.0105. The smallest absolute Gasteiger partial charge is 0.293 e. The number of benzene rings is 1. The number of sulfonamides is 1. The summed E-state index contributed by atoms with van der Waals surface area (Å²) in [7, 11) is -3.84. The number of nitrogens with one attached hydrogen (secondary N) is 2. The lowest BCUT2D eigenvalue weighted by Crippen LogP contribution is -2.40. The Bertz CT molecular complexity index is 799. The van der Waals surface area contributed by atoms with Crippen LogP contribution in [0.5, 0.6) is 0 Å². The van der Waals surface area contributed by atoms with Crippen molar-refractivity contribution in [3.63, 3.8) is 0 Å². The van der Waals surface area contributed by atoms with E-state index in [0.717, 1.165) is 25.3 Å². The molecule has 1 aliphatic heterocycles. The van der Waals surface area contributed by atoms with Crippen LogP contribution in [0, 0.1) is 16.0 Å². The molecule has 0 radical (unpaired) electrons. The monoisotopic (exact) mass is 383 g/mol. The molecule has 144 valence electrons. The van der Waals surface area contributed by atoms with E-state index in [1.807, 2.05) is 0 Å². The lowest BCUT2D eigenvalue weighted by molar-refractivity contribution is -0.384. The van der Waals surface area contributed by atoms with Gasteiger partial charge in [0.25, 0.3) is 5.69 Å². The molecule has 1 saturated carbocycles. The number of ether oxygens (including phenoxy) is 1. The highest BCUT2D eigenvalue weighted by atomic mass is 32.2. The van der Waals surface area contributed by atoms with Gasteiger partial charge in [0, 0.05) is 18.2 Å². The van der Waals surface area contributed by atoms with Crippen molar-refractivity contribution in [3.8, 4) is 0 Å². The van der Waals surface area contributed by atoms with Crippen LogP contribution in [0.25, 0.3) is 0 Å². The molecule has 2 aliphatic rings. The van der Waals surface area contributed by atoms with Gasteiger partial charge < -0.3 is 10.1 Å². The first-order valence-corrected chi connectivity index (χ1v) is 10.3. The molecule has 8 nitrogen and oxygen atoms in total. The summed E-state index contributed by atoms with van der Waals surface area (Å²) in [5, 5.41) is 14.7. The summed E-state index contributed by atoms with van der Waals surface area (Å²) in [4.78, 5) is 10.8. The van der Waals surface area contributed by atoms with Crippen LogP contribution in [0.3, 0.4) is 0 Å². The van der Waals surface area contributed by atoms with Crippen LogP contribution in [0.2, 0.25) is 0 Å². The van der Waals surface area contributed by atoms with E-state index < -0.39 is 20.5 Å². The number of anilines is 1. The Hall–Kier alpha value is -1.71. The van der Waals surface area contributed by atoms with Crippen LogP contribution in [-0.4, -0.2) is 37.6 Å². The number of nitrogens with zero attached hydrogens (tertiary/aromatic N) is 1. The zero-order valence-corrected chi connectivity index (χ0v) is 16.0. The Morgan fingerprint density at radius 2 is 1.92 bits per heavy atom. The van der Waals surface area contributed by atoms with E-state index in [9.17, 15) is 18.5 Å². The summed E-state index contributed by atoms with van der Waals surface area (Å²) in [5.41, 5.74) is -0.600. The predicted molar refractivity (Wildman–Crippen MR) is 97.7 cm³/mol. The van der Waals surface area contributed by atoms with Gasteiger partial charge in [0.2, 0.25) is 10.0 Å². The van der Waals surface area contributed by atoms with Crippen LogP contribution in [0.1, 0.15) is 40.0 Å². The summed E-state index contributed by atoms with van der Waals surface area (Å²) in [6.45, 7) is 5.78. The number of nitro groups is 1. The first-order chi connectivity index (χ1) is 12.1. The van der Waals surface area contributed by atoms with Crippen LogP contribution >= 0.6 is 0 Å². The molecule has 2 N–H and O–H groups in total. The first kappa shape index (κ1) is 19.1. The Kier molecular flexibility index (Phi) is 4.98. The van der Waals surface area contributed by atoms with Gasteiger partial charge in [0.05, 0.1) is 22.0 Å². The van der Waals surface area contributed by atoms with Gasteiger partial charge in [-0.2, -0.15) is 0 Å². The van der Waals surface area contributed by atoms with E-state index in [1.54, 1.807) is 20.8 Å². The van der Waals surface area contributed by atoms with Crippen molar-refractivity contribution < 1.29 is 18.1 Å². The maximum absolute atomic E-state index is 12.5. The summed E-state index contributed by atoms with van der Waals surface area (Å²) in [6.07, 6.45) is 3.10. The van der Waals surface area contributed by atoms with Crippen molar-refractivity contribution in [2.45, 2.75) is 62.6 Å². The molecule has 1 saturated heterocycles. The standard InChI is InChI=1S/C17H25N3O5S/c1-17(2,3)19-26(23,24)12-6-7-13(15(10-12)20(21)22)18-14-8-9-25-16(14)11-4-5-11/h6-7,10-11,14,16,18-19H,4-5,8-9H2,1-3H3/t14-,16+/m0/s1. The molecule has 1 aliphatic carbocycles. The number of hydrogen-bond donors (Lipinski definition) is 2. The summed E-state index contributed by atoms with van der Waals surface area (Å²) < 4.78 is 33.2. The van der Waals surface area contributed by atoms with Crippen LogP contribution in [0.15, 0.2) is 23.1 Å². The van der Waals surface area contributed by atoms with Crippen LogP contribution in [-0.2, 0) is 14.8 Å². The molecule has 9 heteroatoms. The van der Waals surface area contributed by atoms with E-state index in [1.165, 1.54) is 12.1 Å². The molecule has 0 spiro atoms. The minimum atomic E-state index is -3.84. The highest BCUT2D eigenvalue weighted by Gasteiger charge is 2.41. The quantitative estimate of drug-likeness (QED) is 0.577. The van der Waals surface area contributed by atoms with Crippen molar-refractivity contribution in [2.24, 2.45) is 5.92 Å². The average Bonchev–Trinajstić information content (AvgIpc) is 3.25. The molecule has 1 aromatic carbocycles. The Morgan fingerprint density at radius 1 is 1.23 bits per heavy atom. The molecule has 0 bridgehead atoms. The number of nitro benzene ring substituents is 1. The summed E-state index contributed by atoms with van der Waals surface area (Å²) in [6, 6.07) is 3.98. The Balaban J connectivity index is 1.86. The fraction of sp³-hybridized carbons (Fsp3) is 0.647. The topological polar surface area (TPSA) is 111 Å². The lowest BCUT2D eigenvalue weighted by atomic mass is 10.1. The van der Waals surface area contributed by atoms with E-state index in [-0.39, 0.29) is 22.7 Å². The van der Waals surface area contributed by atoms with E-state index in [4.69, 9.17) is 4.74 Å². The van der Waals surface area contributed by atoms with Crippen molar-refractivity contribution in [1.82, 2.24) is 4.72 Å². The second-order valence-electron chi connectivity index (χ2n) is 8.00. The van der Waals surface area contributed by atoms with Gasteiger partial charge in [-0.3, -0.25) is 10.1 Å². The lowest BCUT2D eigenvalue weighted by Gasteiger charge is -2.22. The van der Waals surface area contributed by atoms with Gasteiger partial charge >= 0.3 is 0 Å². The van der Waals surface area contributed by atoms with Gasteiger partial charge in [-0.15, -0.1) is 0 Å². The normalized spacial score (nSPS) is 23.8. The highest BCUT2D eigenvalue weighted by Crippen LogP contribution is 2.40. The number of hydrogen-bond acceptors (Lipinski definition) is 6. The third-order valence-corrected chi connectivity index (χ3v) is 6.24. The van der Waals surface area contributed by atoms with Gasteiger partial charge in [0.15, 0.2) is 0 Å². The average molecular weight is 383 g/mol. The Labute approximate surface area is 153 Å². The van der Waals surface area contributed by atoms with Gasteiger partial charge in [-0.1, -0.05) is 0 Å². The maximum Gasteiger partial charge on any atom is 0.293 e. The van der Waals surface area contributed by atoms with Crippen LogP contribution in [0.4, 0.5) is 11.4 Å². The molecule has 0 aromatic heterocycles. The SMILES string of the molecule is CC(C)(C)NS(=O)(=O)c1ccc(N[C@H]2CCO[C@@H]2C2CC2)c([N+](=O)[O-])c1. The molecule has 1 aromatic rings. The van der Waals surface area contributed by atoms with Crippen molar-refractivity contribution in [1.29, 1.82) is 0 Å². The van der Waals surface area contributed by atoms with Crippen LogP contribution < -0.4 is 10.0 Å². The third kappa shape index (κ3) is 4.33. The van der Waals surface area contributed by atoms with E-state index in [0.29, 0.717) is 18.2 Å². The molecule has 2 fully saturated rings. The second kappa shape index (κ2) is 6.79. The van der Waals surface area contributed by atoms with Crippen molar-refractivity contribution >= 4 is 21.4 Å². The highest BCUT2D eigenvalue weighted by molar-refractivity contribution is 7.89. The molecular formula is C17H25N3O5S. The minimum Gasteiger partial charge on any atom is -0.376 e. The molecule has 0 unspecified atom stereocenters. The number of rotatable bonds is 6. The molecular weight excluding hydrogens is 358 g/mol. The van der Waals surface area contributed by atoms with Crippen molar-refractivity contribution in [2.75, 3.05) is 11.9 Å². The maximum atomic E-state index is 12.5. The zero-order chi connectivity index (χ0) is 19.1. The molecule has 26 heavy (non-hydrogen) atoms. The summed E-state index contributed by atoms with van der Waals surface area (Å²) in [5.74, 6) is 0.518. The fourth-order valence-electron chi connectivity index (χ4n) is 3.27. The first-order valence-electron chi connectivity index (χ1n) is 8.77. The van der Waals surface area contributed by atoms with Crippen molar-refractivity contribution in [3.05, 3.63) is 28.3 Å². The summed E-state index contributed by atoms with van der Waals surface area (Å²) >= 11 is 0. The predicted octanol–water partition coefficient (Wildman–Crippen LogP) is 2.65. The van der Waals surface area contributed by atoms with E-state index >= 15 is 0 Å². The zero-order valence-electron chi connectivity index (χ0n) is 15.2. The fourth-order valence-corrected chi connectivity index (χ4v) is 4.71. The Morgan fingerprint density at radius 3 is 2.50 bits per heavy atom. The van der Waals surface area contributed by atoms with Gasteiger partial charge in [-0.25, -0.2) is 13.1 Å². The molecule has 0 amide bonds. The largest absolute Gasteiger partial charge is 0.376 e. The second-order valence-corrected chi connectivity index (χ2v) is 9.69. The molecule has 3 rings (SSSR count). The van der Waals surface area contributed by atoms with E-state index in [2.05, 4.69) is 10.0 Å². The van der Waals surface area contributed by atoms with Gasteiger partial charge in [-0.05, 0) is 58.1 Å². The molecule has 2 atom stereocenters. The molecule has 1 heterocycles. The third-order valence-electron chi connectivity index (χ3n) is 4.48. The van der Waals surface area contributed by atoms with Gasteiger partial charge in [0.1, 0.15) is 5.69 Å².